The lowest BCUT2D eigenvalue weighted by atomic mass is 9.88. The minimum atomic E-state index is 0.910. The average Bonchev–Trinajstić information content (AvgIpc) is 3.09. The molecule has 0 spiro atoms. The number of benzene rings is 8. The van der Waals surface area contributed by atoms with Crippen LogP contribution in [0.5, 0.6) is 0 Å². The van der Waals surface area contributed by atoms with Crippen LogP contribution in [0.3, 0.4) is 0 Å². The van der Waals surface area contributed by atoms with Crippen LogP contribution in [0.1, 0.15) is 46.7 Å². The fraction of sp³-hybridized carbons (Fsp3) is 0.130. The summed E-state index contributed by atoms with van der Waals surface area (Å²) in [5.41, 5.74) is 9.65. The highest BCUT2D eigenvalue weighted by Gasteiger charge is 2.13. The van der Waals surface area contributed by atoms with Gasteiger partial charge in [0.1, 0.15) is 0 Å². The number of aryl methyl sites for hydroxylation is 1. The molecule has 0 radical (unpaired) electrons. The summed E-state index contributed by atoms with van der Waals surface area (Å²) in [6.45, 7) is 6.82. The molecular weight excluding hydrogens is 553 g/mol. The number of rotatable bonds is 6. The van der Waals surface area contributed by atoms with Crippen molar-refractivity contribution in [1.29, 1.82) is 0 Å². The van der Waals surface area contributed by atoms with E-state index in [9.17, 15) is 0 Å². The second kappa shape index (κ2) is 11.6. The number of allylic oxidation sites excluding steroid dienone is 1. The Morgan fingerprint density at radius 3 is 1.87 bits per heavy atom. The van der Waals surface area contributed by atoms with E-state index in [-0.39, 0.29) is 0 Å². The van der Waals surface area contributed by atoms with E-state index in [2.05, 4.69) is 160 Å². The number of fused-ring (bicyclic) bond motifs is 7. The molecule has 46 heavy (non-hydrogen) atoms. The molecule has 0 heterocycles. The predicted molar refractivity (Wildman–Crippen MR) is 201 cm³/mol. The highest BCUT2D eigenvalue weighted by Crippen LogP contribution is 2.34. The third-order valence-corrected chi connectivity index (χ3v) is 9.99. The van der Waals surface area contributed by atoms with Gasteiger partial charge >= 0.3 is 0 Å². The highest BCUT2D eigenvalue weighted by molar-refractivity contribution is 6.10. The zero-order valence-corrected chi connectivity index (χ0v) is 26.9. The van der Waals surface area contributed by atoms with Gasteiger partial charge in [0, 0.05) is 0 Å². The largest absolute Gasteiger partial charge is 0.0655 e. The third-order valence-electron chi connectivity index (χ3n) is 9.99. The zero-order chi connectivity index (χ0) is 31.2. The molecule has 0 unspecified atom stereocenters. The molecule has 0 aliphatic carbocycles. The summed E-state index contributed by atoms with van der Waals surface area (Å²) in [6, 6.07) is 49.7. The Morgan fingerprint density at radius 2 is 1.11 bits per heavy atom. The molecule has 0 aliphatic rings. The van der Waals surface area contributed by atoms with Gasteiger partial charge in [-0.1, -0.05) is 158 Å². The molecule has 0 saturated carbocycles. The van der Waals surface area contributed by atoms with Gasteiger partial charge in [-0.15, -0.1) is 0 Å². The van der Waals surface area contributed by atoms with Gasteiger partial charge in [0.05, 0.1) is 0 Å². The van der Waals surface area contributed by atoms with Gasteiger partial charge in [0.25, 0.3) is 0 Å². The second-order valence-corrected chi connectivity index (χ2v) is 13.0. The fourth-order valence-corrected chi connectivity index (χ4v) is 7.46. The summed E-state index contributed by atoms with van der Waals surface area (Å²) in [4.78, 5) is 0. The standard InChI is InChI=1S/C46H38/c1-4-32(24-39-29-37-13-7-10-16-42(37)46-23-30(2)17-22-43(39)46)26-44-31(3)38(28-36-12-6-9-15-41(36)44)25-33-18-19-35-21-20-34-11-5-8-14-40(34)45(35)27-33/h5-23,26-29H,4,24-25H2,1-3H3. The van der Waals surface area contributed by atoms with Crippen molar-refractivity contribution >= 4 is 59.9 Å². The SMILES string of the molecule is CCC(=Cc1c(C)c(Cc2ccc3ccc4ccccc4c3c2)cc2ccccc12)Cc1cc2ccccc2c2cc(C)ccc12. The Balaban J connectivity index is 1.23. The Hall–Kier alpha value is -5.20. The first-order valence-corrected chi connectivity index (χ1v) is 16.6. The second-order valence-electron chi connectivity index (χ2n) is 13.0. The van der Waals surface area contributed by atoms with Crippen molar-refractivity contribution < 1.29 is 0 Å². The molecule has 0 fully saturated rings. The van der Waals surface area contributed by atoms with Gasteiger partial charge in [-0.2, -0.15) is 0 Å². The third kappa shape index (κ3) is 5.05. The maximum absolute atomic E-state index is 2.50. The lowest BCUT2D eigenvalue weighted by Crippen LogP contribution is -1.98. The van der Waals surface area contributed by atoms with Crippen molar-refractivity contribution in [2.45, 2.75) is 40.0 Å². The molecule has 8 rings (SSSR count). The van der Waals surface area contributed by atoms with Crippen LogP contribution in [0.15, 0.2) is 139 Å². The molecule has 8 aromatic rings. The van der Waals surface area contributed by atoms with Crippen LogP contribution in [0, 0.1) is 13.8 Å². The van der Waals surface area contributed by atoms with Gasteiger partial charge in [-0.3, -0.25) is 0 Å². The first kappa shape index (κ1) is 28.3. The summed E-state index contributed by atoms with van der Waals surface area (Å²) < 4.78 is 0. The van der Waals surface area contributed by atoms with E-state index >= 15 is 0 Å². The van der Waals surface area contributed by atoms with Crippen LogP contribution in [0.2, 0.25) is 0 Å². The van der Waals surface area contributed by atoms with Crippen molar-refractivity contribution in [2.24, 2.45) is 0 Å². The Bertz CT molecular complexity index is 2470. The maximum atomic E-state index is 2.50. The lowest BCUT2D eigenvalue weighted by molar-refractivity contribution is 1.02. The normalized spacial score (nSPS) is 12.2. The lowest BCUT2D eigenvalue weighted by Gasteiger charge is -2.17. The van der Waals surface area contributed by atoms with E-state index in [0.29, 0.717) is 0 Å². The molecule has 8 aromatic carbocycles. The molecule has 0 aliphatic heterocycles. The van der Waals surface area contributed by atoms with Crippen molar-refractivity contribution in [2.75, 3.05) is 0 Å². The van der Waals surface area contributed by atoms with Crippen LogP contribution in [-0.2, 0) is 12.8 Å². The molecule has 0 saturated heterocycles. The van der Waals surface area contributed by atoms with Gasteiger partial charge in [-0.25, -0.2) is 0 Å². The van der Waals surface area contributed by atoms with Gasteiger partial charge in [0.15, 0.2) is 0 Å². The topological polar surface area (TPSA) is 0 Å². The Kier molecular flexibility index (Phi) is 7.15. The molecule has 222 valence electrons. The first-order chi connectivity index (χ1) is 22.6. The van der Waals surface area contributed by atoms with Crippen molar-refractivity contribution in [3.8, 4) is 0 Å². The van der Waals surface area contributed by atoms with Crippen LogP contribution in [0.25, 0.3) is 59.9 Å². The van der Waals surface area contributed by atoms with E-state index in [1.165, 1.54) is 92.8 Å². The van der Waals surface area contributed by atoms with E-state index in [0.717, 1.165) is 19.3 Å². The van der Waals surface area contributed by atoms with Crippen LogP contribution in [-0.4, -0.2) is 0 Å². The molecule has 0 atom stereocenters. The van der Waals surface area contributed by atoms with Crippen LogP contribution in [0.4, 0.5) is 0 Å². The summed E-state index contributed by atoms with van der Waals surface area (Å²) in [6.07, 6.45) is 5.36. The Labute approximate surface area is 271 Å². The van der Waals surface area contributed by atoms with E-state index < -0.39 is 0 Å². The smallest absolute Gasteiger partial charge is 0.00225 e. The molecule has 0 amide bonds. The van der Waals surface area contributed by atoms with E-state index in [4.69, 9.17) is 0 Å². The summed E-state index contributed by atoms with van der Waals surface area (Å²) in [5, 5.41) is 13.3. The predicted octanol–water partition coefficient (Wildman–Crippen LogP) is 12.7. The minimum absolute atomic E-state index is 0.910. The maximum Gasteiger partial charge on any atom is -0.00225 e. The molecule has 0 N–H and O–H groups in total. The van der Waals surface area contributed by atoms with Gasteiger partial charge < -0.3 is 0 Å². The van der Waals surface area contributed by atoms with Crippen molar-refractivity contribution in [3.63, 3.8) is 0 Å². The van der Waals surface area contributed by atoms with Crippen LogP contribution < -0.4 is 0 Å². The quantitative estimate of drug-likeness (QED) is 0.169. The average molecular weight is 591 g/mol. The molecule has 0 aromatic heterocycles. The van der Waals surface area contributed by atoms with Gasteiger partial charge in [-0.05, 0) is 115 Å². The highest BCUT2D eigenvalue weighted by atomic mass is 14.2. The fourth-order valence-electron chi connectivity index (χ4n) is 7.46. The summed E-state index contributed by atoms with van der Waals surface area (Å²) >= 11 is 0. The zero-order valence-electron chi connectivity index (χ0n) is 26.9. The van der Waals surface area contributed by atoms with E-state index in [1.807, 2.05) is 0 Å². The minimum Gasteiger partial charge on any atom is -0.0655 e. The van der Waals surface area contributed by atoms with Crippen molar-refractivity contribution in [1.82, 2.24) is 0 Å². The monoisotopic (exact) mass is 590 g/mol. The molecule has 0 heteroatoms. The van der Waals surface area contributed by atoms with Crippen molar-refractivity contribution in [3.05, 3.63) is 172 Å². The van der Waals surface area contributed by atoms with E-state index in [1.54, 1.807) is 0 Å². The molecular formula is C46H38. The molecule has 0 nitrogen and oxygen atoms in total. The Morgan fingerprint density at radius 1 is 0.500 bits per heavy atom. The molecule has 0 bridgehead atoms. The van der Waals surface area contributed by atoms with Crippen LogP contribution >= 0.6 is 0 Å². The number of hydrogen-bond acceptors (Lipinski definition) is 0. The van der Waals surface area contributed by atoms with Gasteiger partial charge in [0.2, 0.25) is 0 Å². The summed E-state index contributed by atoms with van der Waals surface area (Å²) in [7, 11) is 0. The number of hydrogen-bond donors (Lipinski definition) is 0. The first-order valence-electron chi connectivity index (χ1n) is 16.6. The summed E-state index contributed by atoms with van der Waals surface area (Å²) in [5.74, 6) is 0.